The molecule has 0 saturated carbocycles. The van der Waals surface area contributed by atoms with Crippen LogP contribution in [0.3, 0.4) is 0 Å². The highest BCUT2D eigenvalue weighted by Crippen LogP contribution is 2.30. The number of aryl methyl sites for hydroxylation is 1. The van der Waals surface area contributed by atoms with E-state index in [1.165, 1.54) is 6.42 Å². The van der Waals surface area contributed by atoms with Gasteiger partial charge in [-0.2, -0.15) is 0 Å². The van der Waals surface area contributed by atoms with Gasteiger partial charge in [0.2, 0.25) is 0 Å². The summed E-state index contributed by atoms with van der Waals surface area (Å²) in [6.45, 7) is 5.14. The smallest absolute Gasteiger partial charge is 0.137 e. The van der Waals surface area contributed by atoms with Crippen LogP contribution in [0.25, 0.3) is 0 Å². The number of hydrogen-bond donors (Lipinski definition) is 1. The molecule has 1 heterocycles. The molecule has 1 atom stereocenters. The molecule has 1 aliphatic heterocycles. The molecule has 1 aromatic carbocycles. The highest BCUT2D eigenvalue weighted by molar-refractivity contribution is 9.10. The van der Waals surface area contributed by atoms with Gasteiger partial charge in [0.1, 0.15) is 5.82 Å². The molecule has 2 nitrogen and oxygen atoms in total. The zero-order chi connectivity index (χ0) is 12.4. The van der Waals surface area contributed by atoms with Crippen LogP contribution in [-0.2, 0) is 0 Å². The van der Waals surface area contributed by atoms with Crippen molar-refractivity contribution in [2.45, 2.75) is 13.3 Å². The van der Waals surface area contributed by atoms with Gasteiger partial charge < -0.3 is 10.2 Å². The Morgan fingerprint density at radius 3 is 3.00 bits per heavy atom. The van der Waals surface area contributed by atoms with Crippen molar-refractivity contribution in [3.63, 3.8) is 0 Å². The number of anilines is 1. The summed E-state index contributed by atoms with van der Waals surface area (Å²) in [4.78, 5) is 2.35. The van der Waals surface area contributed by atoms with E-state index in [9.17, 15) is 4.39 Å². The van der Waals surface area contributed by atoms with Crippen LogP contribution in [-0.4, -0.2) is 26.7 Å². The third-order valence-corrected chi connectivity index (χ3v) is 3.97. The number of nitrogens with zero attached hydrogens (tertiary/aromatic N) is 1. The van der Waals surface area contributed by atoms with Gasteiger partial charge in [0.25, 0.3) is 0 Å². The quantitative estimate of drug-likeness (QED) is 0.923. The number of halogens is 2. The molecule has 0 radical (unpaired) electrons. The van der Waals surface area contributed by atoms with Crippen molar-refractivity contribution in [2.24, 2.45) is 5.92 Å². The molecule has 17 heavy (non-hydrogen) atoms. The van der Waals surface area contributed by atoms with E-state index in [0.29, 0.717) is 10.4 Å². The van der Waals surface area contributed by atoms with Gasteiger partial charge in [-0.1, -0.05) is 0 Å². The van der Waals surface area contributed by atoms with Crippen LogP contribution in [0.1, 0.15) is 12.0 Å². The minimum absolute atomic E-state index is 0.183. The molecule has 1 aliphatic rings. The zero-order valence-electron chi connectivity index (χ0n) is 10.3. The summed E-state index contributed by atoms with van der Waals surface area (Å²) in [5.41, 5.74) is 2.16. The van der Waals surface area contributed by atoms with Gasteiger partial charge >= 0.3 is 0 Å². The minimum atomic E-state index is -0.183. The van der Waals surface area contributed by atoms with Crippen molar-refractivity contribution in [3.05, 3.63) is 28.0 Å². The van der Waals surface area contributed by atoms with E-state index in [1.807, 2.05) is 20.0 Å². The number of nitrogens with one attached hydrogen (secondary N) is 1. The maximum Gasteiger partial charge on any atom is 0.137 e. The van der Waals surface area contributed by atoms with Crippen LogP contribution in [0.5, 0.6) is 0 Å². The van der Waals surface area contributed by atoms with Crippen molar-refractivity contribution >= 4 is 21.6 Å². The topological polar surface area (TPSA) is 15.3 Å². The molecule has 0 aliphatic carbocycles. The number of rotatable bonds is 3. The average molecular weight is 301 g/mol. The van der Waals surface area contributed by atoms with Gasteiger partial charge in [-0.25, -0.2) is 4.39 Å². The molecule has 1 saturated heterocycles. The summed E-state index contributed by atoms with van der Waals surface area (Å²) in [6.07, 6.45) is 1.20. The first kappa shape index (κ1) is 12.8. The van der Waals surface area contributed by atoms with Crippen LogP contribution in [0.15, 0.2) is 16.6 Å². The third-order valence-electron chi connectivity index (χ3n) is 3.36. The van der Waals surface area contributed by atoms with Crippen molar-refractivity contribution in [2.75, 3.05) is 31.6 Å². The Balaban J connectivity index is 2.16. The van der Waals surface area contributed by atoms with E-state index in [-0.39, 0.29) is 5.82 Å². The number of benzene rings is 1. The molecule has 2 rings (SSSR count). The van der Waals surface area contributed by atoms with Crippen LogP contribution in [0, 0.1) is 18.7 Å². The fourth-order valence-electron chi connectivity index (χ4n) is 2.48. The van der Waals surface area contributed by atoms with Crippen LogP contribution in [0.4, 0.5) is 10.1 Å². The second kappa shape index (κ2) is 5.36. The first-order valence-electron chi connectivity index (χ1n) is 5.97. The summed E-state index contributed by atoms with van der Waals surface area (Å²) in [5.74, 6) is 0.514. The molecular formula is C13H18BrFN2. The first-order valence-corrected chi connectivity index (χ1v) is 6.76. The second-order valence-corrected chi connectivity index (χ2v) is 5.57. The van der Waals surface area contributed by atoms with E-state index in [4.69, 9.17) is 0 Å². The van der Waals surface area contributed by atoms with Crippen molar-refractivity contribution in [1.82, 2.24) is 5.32 Å². The summed E-state index contributed by atoms with van der Waals surface area (Å²) in [7, 11) is 1.99. The van der Waals surface area contributed by atoms with E-state index < -0.39 is 0 Å². The standard InChI is InChI=1S/C13H18BrFN2/c1-9-5-12(15)11(14)6-13(9)17-4-3-10(8-17)7-16-2/h5-6,10,16H,3-4,7-8H2,1-2H3. The minimum Gasteiger partial charge on any atom is -0.371 e. The van der Waals surface area contributed by atoms with Gasteiger partial charge in [0, 0.05) is 18.8 Å². The lowest BCUT2D eigenvalue weighted by Crippen LogP contribution is -2.24. The maximum atomic E-state index is 13.4. The molecule has 1 unspecified atom stereocenters. The predicted molar refractivity (Wildman–Crippen MR) is 73.1 cm³/mol. The first-order chi connectivity index (χ1) is 8.11. The molecule has 1 N–H and O–H groups in total. The molecule has 0 aromatic heterocycles. The summed E-state index contributed by atoms with van der Waals surface area (Å²) < 4.78 is 13.9. The molecule has 0 bridgehead atoms. The highest BCUT2D eigenvalue weighted by atomic mass is 79.9. The van der Waals surface area contributed by atoms with Gasteiger partial charge in [-0.05, 0) is 66.5 Å². The predicted octanol–water partition coefficient (Wildman–Crippen LogP) is 2.94. The zero-order valence-corrected chi connectivity index (χ0v) is 11.8. The molecule has 0 amide bonds. The average Bonchev–Trinajstić information content (AvgIpc) is 2.72. The molecular weight excluding hydrogens is 283 g/mol. The fraction of sp³-hybridized carbons (Fsp3) is 0.538. The Kier molecular flexibility index (Phi) is 4.05. The van der Waals surface area contributed by atoms with Crippen molar-refractivity contribution in [1.29, 1.82) is 0 Å². The molecule has 1 fully saturated rings. The van der Waals surface area contributed by atoms with Crippen LogP contribution in [0.2, 0.25) is 0 Å². The van der Waals surface area contributed by atoms with Crippen molar-refractivity contribution < 1.29 is 4.39 Å². The lowest BCUT2D eigenvalue weighted by Gasteiger charge is -2.21. The largest absolute Gasteiger partial charge is 0.371 e. The van der Waals surface area contributed by atoms with Crippen LogP contribution >= 0.6 is 15.9 Å². The Labute approximate surface area is 110 Å². The Morgan fingerprint density at radius 1 is 1.53 bits per heavy atom. The van der Waals surface area contributed by atoms with E-state index >= 15 is 0 Å². The van der Waals surface area contributed by atoms with Gasteiger partial charge in [-0.15, -0.1) is 0 Å². The summed E-state index contributed by atoms with van der Waals surface area (Å²) in [5, 5.41) is 3.22. The van der Waals surface area contributed by atoms with Gasteiger partial charge in [-0.3, -0.25) is 0 Å². The lowest BCUT2D eigenvalue weighted by molar-refractivity contribution is 0.549. The maximum absolute atomic E-state index is 13.4. The normalized spacial score (nSPS) is 20.0. The van der Waals surface area contributed by atoms with Gasteiger partial charge in [0.05, 0.1) is 4.47 Å². The Hall–Kier alpha value is -0.610. The Morgan fingerprint density at radius 2 is 2.29 bits per heavy atom. The molecule has 0 spiro atoms. The van der Waals surface area contributed by atoms with Crippen LogP contribution < -0.4 is 10.2 Å². The summed E-state index contributed by atoms with van der Waals surface area (Å²) >= 11 is 3.26. The molecule has 94 valence electrons. The number of hydrogen-bond acceptors (Lipinski definition) is 2. The molecule has 4 heteroatoms. The van der Waals surface area contributed by atoms with E-state index in [1.54, 1.807) is 6.07 Å². The lowest BCUT2D eigenvalue weighted by atomic mass is 10.1. The summed E-state index contributed by atoms with van der Waals surface area (Å²) in [6, 6.07) is 3.50. The SMILES string of the molecule is CNCC1CCN(c2cc(Br)c(F)cc2C)C1. The fourth-order valence-corrected chi connectivity index (χ4v) is 2.81. The van der Waals surface area contributed by atoms with Crippen molar-refractivity contribution in [3.8, 4) is 0 Å². The third kappa shape index (κ3) is 2.80. The van der Waals surface area contributed by atoms with E-state index in [2.05, 4.69) is 26.1 Å². The van der Waals surface area contributed by atoms with E-state index in [0.717, 1.165) is 30.9 Å². The molecule has 1 aromatic rings. The monoisotopic (exact) mass is 300 g/mol. The van der Waals surface area contributed by atoms with Gasteiger partial charge in [0.15, 0.2) is 0 Å². The second-order valence-electron chi connectivity index (χ2n) is 4.71. The highest BCUT2D eigenvalue weighted by Gasteiger charge is 2.23. The Bertz CT molecular complexity index is 409.